The minimum Gasteiger partial charge on any atom is -0.480 e. The molecule has 0 radical (unpaired) electrons. The highest BCUT2D eigenvalue weighted by atomic mass is 16.5. The molecular formula is C18H15N3O6. The number of imidazole rings is 1. The Morgan fingerprint density at radius 2 is 1.81 bits per heavy atom. The molecule has 2 heterocycles. The first-order valence-corrected chi connectivity index (χ1v) is 7.82. The molecule has 3 N–H and O–H groups in total. The van der Waals surface area contributed by atoms with Gasteiger partial charge in [-0.05, 0) is 37.3 Å². The Labute approximate surface area is 152 Å². The van der Waals surface area contributed by atoms with Crippen LogP contribution >= 0.6 is 0 Å². The van der Waals surface area contributed by atoms with Gasteiger partial charge in [-0.15, -0.1) is 0 Å². The molecule has 0 saturated heterocycles. The molecular weight excluding hydrogens is 354 g/mol. The van der Waals surface area contributed by atoms with Crippen LogP contribution in [0.25, 0.3) is 5.65 Å². The second-order valence-corrected chi connectivity index (χ2v) is 5.73. The van der Waals surface area contributed by atoms with Crippen LogP contribution in [0.1, 0.15) is 26.4 Å². The maximum Gasteiger partial charge on any atom is 0.335 e. The zero-order valence-electron chi connectivity index (χ0n) is 14.2. The van der Waals surface area contributed by atoms with Crippen molar-refractivity contribution in [2.45, 2.75) is 6.92 Å². The fourth-order valence-corrected chi connectivity index (χ4v) is 2.51. The Balaban J connectivity index is 1.74. The number of ether oxygens (including phenoxy) is 1. The fraction of sp³-hybridized carbons (Fsp3) is 0.111. The number of hydrogen-bond acceptors (Lipinski definition) is 5. The number of hydrogen-bond donors (Lipinski definition) is 3. The molecule has 138 valence electrons. The molecule has 0 fully saturated rings. The van der Waals surface area contributed by atoms with E-state index >= 15 is 0 Å². The van der Waals surface area contributed by atoms with Crippen LogP contribution in [0.15, 0.2) is 42.7 Å². The first-order chi connectivity index (χ1) is 12.8. The predicted molar refractivity (Wildman–Crippen MR) is 94.4 cm³/mol. The molecule has 9 heteroatoms. The van der Waals surface area contributed by atoms with E-state index in [0.717, 1.165) is 11.8 Å². The molecule has 0 atom stereocenters. The van der Waals surface area contributed by atoms with Gasteiger partial charge in [0, 0.05) is 18.1 Å². The number of carbonyl (C=O) groups is 3. The molecule has 3 aromatic rings. The van der Waals surface area contributed by atoms with Gasteiger partial charge in [0.2, 0.25) is 0 Å². The zero-order chi connectivity index (χ0) is 19.6. The molecule has 0 unspecified atom stereocenters. The summed E-state index contributed by atoms with van der Waals surface area (Å²) in [6.07, 6.45) is 3.61. The number of benzene rings is 1. The Hall–Kier alpha value is -3.88. The van der Waals surface area contributed by atoms with Crippen molar-refractivity contribution in [2.75, 3.05) is 11.9 Å². The maximum atomic E-state index is 12.1. The first kappa shape index (κ1) is 17.9. The predicted octanol–water partition coefficient (Wildman–Crippen LogP) is 2.06. The highest BCUT2D eigenvalue weighted by Gasteiger charge is 2.14. The average Bonchev–Trinajstić information content (AvgIpc) is 3.00. The summed E-state index contributed by atoms with van der Waals surface area (Å²) in [5.74, 6) is -2.76. The van der Waals surface area contributed by atoms with Crippen molar-refractivity contribution in [3.63, 3.8) is 0 Å². The number of aromatic carboxylic acids is 2. The highest BCUT2D eigenvalue weighted by molar-refractivity contribution is 5.98. The van der Waals surface area contributed by atoms with Crippen molar-refractivity contribution < 1.29 is 29.3 Å². The van der Waals surface area contributed by atoms with Gasteiger partial charge in [0.05, 0.1) is 16.8 Å². The van der Waals surface area contributed by atoms with Crippen LogP contribution in [-0.4, -0.2) is 44.1 Å². The number of carbonyl (C=O) groups excluding carboxylic acids is 1. The molecule has 1 aromatic carbocycles. The third-order valence-electron chi connectivity index (χ3n) is 3.64. The van der Waals surface area contributed by atoms with Gasteiger partial charge in [-0.1, -0.05) is 0 Å². The van der Waals surface area contributed by atoms with E-state index in [0.29, 0.717) is 11.4 Å². The lowest BCUT2D eigenvalue weighted by atomic mass is 10.1. The topological polar surface area (TPSA) is 130 Å². The Morgan fingerprint density at radius 1 is 1.15 bits per heavy atom. The maximum absolute atomic E-state index is 12.1. The minimum absolute atomic E-state index is 0.0516. The van der Waals surface area contributed by atoms with Crippen LogP contribution in [0.5, 0.6) is 5.75 Å². The SMILES string of the molecule is Cc1cn2cccc(OCC(=O)Nc3cc(C(=O)O)cc(C(=O)O)c3)c2n1. The van der Waals surface area contributed by atoms with Gasteiger partial charge >= 0.3 is 11.9 Å². The van der Waals surface area contributed by atoms with Gasteiger partial charge < -0.3 is 24.7 Å². The largest absolute Gasteiger partial charge is 0.480 e. The quantitative estimate of drug-likeness (QED) is 0.606. The van der Waals surface area contributed by atoms with Gasteiger partial charge in [-0.25, -0.2) is 14.6 Å². The number of fused-ring (bicyclic) bond motifs is 1. The molecule has 2 aromatic heterocycles. The van der Waals surface area contributed by atoms with Crippen LogP contribution in [0.3, 0.4) is 0 Å². The van der Waals surface area contributed by atoms with Crippen LogP contribution in [-0.2, 0) is 4.79 Å². The van der Waals surface area contributed by atoms with Crippen molar-refractivity contribution in [1.82, 2.24) is 9.38 Å². The van der Waals surface area contributed by atoms with Crippen LogP contribution in [0.2, 0.25) is 0 Å². The number of aromatic nitrogens is 2. The summed E-state index contributed by atoms with van der Waals surface area (Å²) in [4.78, 5) is 38.7. The number of pyridine rings is 1. The molecule has 1 amide bonds. The standard InChI is InChI=1S/C18H15N3O6/c1-10-8-21-4-2-3-14(16(21)19-10)27-9-15(22)20-13-6-11(17(23)24)5-12(7-13)18(25)26/h2-8H,9H2,1H3,(H,20,22)(H,23,24)(H,25,26). The second-order valence-electron chi connectivity index (χ2n) is 5.73. The molecule has 0 bridgehead atoms. The van der Waals surface area contributed by atoms with Crippen molar-refractivity contribution in [3.8, 4) is 5.75 Å². The van der Waals surface area contributed by atoms with Crippen molar-refractivity contribution >= 4 is 29.2 Å². The monoisotopic (exact) mass is 369 g/mol. The number of anilines is 1. The van der Waals surface area contributed by atoms with Crippen LogP contribution in [0.4, 0.5) is 5.69 Å². The minimum atomic E-state index is -1.30. The number of nitrogens with one attached hydrogen (secondary N) is 1. The summed E-state index contributed by atoms with van der Waals surface area (Å²) in [5.41, 5.74) is 0.911. The van der Waals surface area contributed by atoms with Crippen LogP contribution in [0, 0.1) is 6.92 Å². The molecule has 0 aliphatic carbocycles. The molecule has 0 aliphatic heterocycles. The third kappa shape index (κ3) is 4.03. The molecule has 3 rings (SSSR count). The van der Waals surface area contributed by atoms with Crippen molar-refractivity contribution in [1.29, 1.82) is 0 Å². The zero-order valence-corrected chi connectivity index (χ0v) is 14.2. The summed E-state index contributed by atoms with van der Waals surface area (Å²) < 4.78 is 7.26. The fourth-order valence-electron chi connectivity index (χ4n) is 2.51. The Kier molecular flexibility index (Phi) is 4.75. The lowest BCUT2D eigenvalue weighted by molar-refractivity contribution is -0.118. The Morgan fingerprint density at radius 3 is 2.44 bits per heavy atom. The normalized spacial score (nSPS) is 10.6. The van der Waals surface area contributed by atoms with E-state index in [2.05, 4.69) is 10.3 Å². The van der Waals surface area contributed by atoms with E-state index in [9.17, 15) is 14.4 Å². The smallest absolute Gasteiger partial charge is 0.335 e. The summed E-state index contributed by atoms with van der Waals surface area (Å²) in [5, 5.41) is 20.6. The van der Waals surface area contributed by atoms with Crippen molar-refractivity contribution in [3.05, 3.63) is 59.5 Å². The van der Waals surface area contributed by atoms with E-state index in [1.54, 1.807) is 22.7 Å². The van der Waals surface area contributed by atoms with E-state index in [-0.39, 0.29) is 23.4 Å². The highest BCUT2D eigenvalue weighted by Crippen LogP contribution is 2.19. The molecule has 0 saturated carbocycles. The lowest BCUT2D eigenvalue weighted by Crippen LogP contribution is -2.21. The number of amides is 1. The van der Waals surface area contributed by atoms with Crippen LogP contribution < -0.4 is 10.1 Å². The van der Waals surface area contributed by atoms with Gasteiger partial charge in [-0.3, -0.25) is 4.79 Å². The second kappa shape index (κ2) is 7.16. The van der Waals surface area contributed by atoms with Gasteiger partial charge in [0.15, 0.2) is 18.0 Å². The molecule has 9 nitrogen and oxygen atoms in total. The Bertz CT molecular complexity index is 1020. The lowest BCUT2D eigenvalue weighted by Gasteiger charge is -2.09. The summed E-state index contributed by atoms with van der Waals surface area (Å²) in [7, 11) is 0. The summed E-state index contributed by atoms with van der Waals surface area (Å²) in [6.45, 7) is 1.48. The van der Waals surface area contributed by atoms with Gasteiger partial charge in [0.1, 0.15) is 0 Å². The third-order valence-corrected chi connectivity index (χ3v) is 3.64. The van der Waals surface area contributed by atoms with Crippen molar-refractivity contribution in [2.24, 2.45) is 0 Å². The van der Waals surface area contributed by atoms with E-state index in [1.807, 2.05) is 13.1 Å². The number of carboxylic acids is 2. The summed E-state index contributed by atoms with van der Waals surface area (Å²) in [6, 6.07) is 6.77. The van der Waals surface area contributed by atoms with Gasteiger partial charge in [0.25, 0.3) is 5.91 Å². The van der Waals surface area contributed by atoms with E-state index in [1.165, 1.54) is 12.1 Å². The molecule has 27 heavy (non-hydrogen) atoms. The number of rotatable bonds is 6. The number of nitrogens with zero attached hydrogens (tertiary/aromatic N) is 2. The summed E-state index contributed by atoms with van der Waals surface area (Å²) >= 11 is 0. The number of aryl methyl sites for hydroxylation is 1. The number of carboxylic acid groups (broad SMARTS) is 2. The van der Waals surface area contributed by atoms with E-state index in [4.69, 9.17) is 14.9 Å². The van der Waals surface area contributed by atoms with E-state index < -0.39 is 17.8 Å². The molecule has 0 aliphatic rings. The van der Waals surface area contributed by atoms with Gasteiger partial charge in [-0.2, -0.15) is 0 Å². The molecule has 0 spiro atoms. The first-order valence-electron chi connectivity index (χ1n) is 7.82. The average molecular weight is 369 g/mol.